The van der Waals surface area contributed by atoms with E-state index in [2.05, 4.69) is 5.32 Å². The first-order valence-corrected chi connectivity index (χ1v) is 12.7. The quantitative estimate of drug-likeness (QED) is 0.538. The number of nitrogens with one attached hydrogen (secondary N) is 1. The molecule has 3 aromatic carbocycles. The Morgan fingerprint density at radius 1 is 0.917 bits per heavy atom. The third-order valence-electron chi connectivity index (χ3n) is 6.97. The number of aromatic hydroxyl groups is 1. The highest BCUT2D eigenvalue weighted by molar-refractivity contribution is 6.20. The van der Waals surface area contributed by atoms with Crippen molar-refractivity contribution in [3.63, 3.8) is 0 Å². The second-order valence-electron chi connectivity index (χ2n) is 9.57. The van der Waals surface area contributed by atoms with Gasteiger partial charge in [0.15, 0.2) is 0 Å². The van der Waals surface area contributed by atoms with Crippen molar-refractivity contribution in [3.8, 4) is 5.75 Å². The monoisotopic (exact) mass is 481 g/mol. The van der Waals surface area contributed by atoms with Crippen LogP contribution in [0.15, 0.2) is 83.9 Å². The van der Waals surface area contributed by atoms with Crippen LogP contribution in [0.4, 0.5) is 5.69 Å². The van der Waals surface area contributed by atoms with Crippen molar-refractivity contribution in [1.29, 1.82) is 0 Å². The lowest BCUT2D eigenvalue weighted by molar-refractivity contribution is -0.124. The Kier molecular flexibility index (Phi) is 7.12. The molecule has 2 amide bonds. The minimum Gasteiger partial charge on any atom is -0.508 e. The molecule has 3 aromatic rings. The summed E-state index contributed by atoms with van der Waals surface area (Å²) in [5, 5.41) is 12.9. The standard InChI is InChI=1S/C30H31N3O3/c34-24-17-15-21(16-18-24)19-26-30(36)33(20-28(35)31-23-11-5-2-6-12-23)27-14-8-7-13-25(27)29(32-26)22-9-3-1-4-10-22/h1,3-4,7-10,13-18,23,26,34H,2,5-6,11-12,19-20H2,(H,31,35)/t26-/m1/s1. The van der Waals surface area contributed by atoms with Crippen molar-refractivity contribution in [2.75, 3.05) is 11.4 Å². The number of rotatable bonds is 6. The van der Waals surface area contributed by atoms with E-state index in [0.29, 0.717) is 12.1 Å². The maximum absolute atomic E-state index is 14.0. The van der Waals surface area contributed by atoms with E-state index in [0.717, 1.165) is 48.1 Å². The van der Waals surface area contributed by atoms with Crippen molar-refractivity contribution >= 4 is 23.2 Å². The largest absolute Gasteiger partial charge is 0.508 e. The number of phenols is 1. The predicted octanol–water partition coefficient (Wildman–Crippen LogP) is 4.64. The van der Waals surface area contributed by atoms with Gasteiger partial charge < -0.3 is 15.3 Å². The number of amides is 2. The molecule has 1 atom stereocenters. The van der Waals surface area contributed by atoms with Gasteiger partial charge in [0.05, 0.1) is 11.4 Å². The molecule has 0 spiro atoms. The van der Waals surface area contributed by atoms with Gasteiger partial charge in [-0.25, -0.2) is 0 Å². The molecular weight excluding hydrogens is 450 g/mol. The number of carbonyl (C=O) groups excluding carboxylic acids is 2. The van der Waals surface area contributed by atoms with Crippen LogP contribution >= 0.6 is 0 Å². The molecule has 6 heteroatoms. The minimum absolute atomic E-state index is 0.0456. The Bertz CT molecular complexity index is 1250. The molecule has 0 aromatic heterocycles. The Hall–Kier alpha value is -3.93. The van der Waals surface area contributed by atoms with Crippen molar-refractivity contribution in [3.05, 3.63) is 95.6 Å². The Balaban J connectivity index is 1.52. The summed E-state index contributed by atoms with van der Waals surface area (Å²) in [4.78, 5) is 33.7. The van der Waals surface area contributed by atoms with Crippen molar-refractivity contribution in [2.24, 2.45) is 4.99 Å². The van der Waals surface area contributed by atoms with Crippen LogP contribution < -0.4 is 10.2 Å². The van der Waals surface area contributed by atoms with Crippen molar-refractivity contribution in [2.45, 2.75) is 50.6 Å². The number of nitrogens with zero attached hydrogens (tertiary/aromatic N) is 2. The third kappa shape index (κ3) is 5.33. The SMILES string of the molecule is O=C(CN1C(=O)[C@@H](Cc2ccc(O)cc2)N=C(c2ccccc2)c2ccccc21)NC1CCCCC1. The number of benzodiazepines with no additional fused rings is 1. The molecule has 36 heavy (non-hydrogen) atoms. The number of fused-ring (bicyclic) bond motifs is 1. The highest BCUT2D eigenvalue weighted by Gasteiger charge is 2.33. The predicted molar refractivity (Wildman–Crippen MR) is 141 cm³/mol. The molecule has 1 fully saturated rings. The first-order chi connectivity index (χ1) is 17.6. The molecule has 0 saturated heterocycles. The lowest BCUT2D eigenvalue weighted by Gasteiger charge is -2.27. The molecule has 1 saturated carbocycles. The fraction of sp³-hybridized carbons (Fsp3) is 0.300. The van der Waals surface area contributed by atoms with E-state index in [1.165, 1.54) is 6.42 Å². The number of anilines is 1. The number of hydrogen-bond donors (Lipinski definition) is 2. The first kappa shape index (κ1) is 23.8. The molecular formula is C30H31N3O3. The van der Waals surface area contributed by atoms with Gasteiger partial charge in [-0.15, -0.1) is 0 Å². The number of benzene rings is 3. The molecule has 1 aliphatic heterocycles. The lowest BCUT2D eigenvalue weighted by Crippen LogP contribution is -2.47. The van der Waals surface area contributed by atoms with Gasteiger partial charge in [-0.2, -0.15) is 0 Å². The van der Waals surface area contributed by atoms with E-state index in [1.54, 1.807) is 29.2 Å². The molecule has 5 rings (SSSR count). The average Bonchev–Trinajstić information content (AvgIpc) is 3.02. The van der Waals surface area contributed by atoms with Gasteiger partial charge in [-0.05, 0) is 36.6 Å². The topological polar surface area (TPSA) is 82.0 Å². The second-order valence-corrected chi connectivity index (χ2v) is 9.57. The van der Waals surface area contributed by atoms with Crippen LogP contribution in [0.25, 0.3) is 0 Å². The first-order valence-electron chi connectivity index (χ1n) is 12.7. The molecule has 1 aliphatic carbocycles. The summed E-state index contributed by atoms with van der Waals surface area (Å²) in [6, 6.07) is 23.8. The van der Waals surface area contributed by atoms with E-state index < -0.39 is 6.04 Å². The van der Waals surface area contributed by atoms with Crippen LogP contribution in [-0.2, 0) is 16.0 Å². The number of carbonyl (C=O) groups is 2. The number of aliphatic imine (C=N–C) groups is 1. The zero-order valence-electron chi connectivity index (χ0n) is 20.3. The minimum atomic E-state index is -0.709. The fourth-order valence-corrected chi connectivity index (χ4v) is 5.13. The highest BCUT2D eigenvalue weighted by atomic mass is 16.3. The van der Waals surface area contributed by atoms with Crippen LogP contribution in [0, 0.1) is 0 Å². The fourth-order valence-electron chi connectivity index (χ4n) is 5.13. The third-order valence-corrected chi connectivity index (χ3v) is 6.97. The lowest BCUT2D eigenvalue weighted by atomic mass is 9.95. The molecule has 6 nitrogen and oxygen atoms in total. The molecule has 184 valence electrons. The van der Waals surface area contributed by atoms with Gasteiger partial charge in [-0.3, -0.25) is 14.6 Å². The summed E-state index contributed by atoms with van der Waals surface area (Å²) in [6.45, 7) is -0.0456. The summed E-state index contributed by atoms with van der Waals surface area (Å²) in [5.74, 6) is -0.176. The van der Waals surface area contributed by atoms with Crippen LogP contribution in [0.1, 0.15) is 48.8 Å². The van der Waals surface area contributed by atoms with Gasteiger partial charge in [0, 0.05) is 23.6 Å². The van der Waals surface area contributed by atoms with Crippen molar-refractivity contribution < 1.29 is 14.7 Å². The number of phenolic OH excluding ortho intramolecular Hbond substituents is 1. The molecule has 0 bridgehead atoms. The Morgan fingerprint density at radius 2 is 1.61 bits per heavy atom. The summed E-state index contributed by atoms with van der Waals surface area (Å²) in [6.07, 6.45) is 5.80. The zero-order chi connectivity index (χ0) is 24.9. The van der Waals surface area contributed by atoms with Gasteiger partial charge in [0.2, 0.25) is 5.91 Å². The molecule has 0 radical (unpaired) electrons. The van der Waals surface area contributed by atoms with Crippen LogP contribution in [-0.4, -0.2) is 41.3 Å². The van der Waals surface area contributed by atoms with Gasteiger partial charge in [0.1, 0.15) is 18.3 Å². The van der Waals surface area contributed by atoms with E-state index >= 15 is 0 Å². The normalized spacial score (nSPS) is 18.2. The maximum atomic E-state index is 14.0. The summed E-state index contributed by atoms with van der Waals surface area (Å²) in [7, 11) is 0. The van der Waals surface area contributed by atoms with E-state index in [9.17, 15) is 14.7 Å². The average molecular weight is 482 g/mol. The van der Waals surface area contributed by atoms with Crippen LogP contribution in [0.2, 0.25) is 0 Å². The van der Waals surface area contributed by atoms with Crippen LogP contribution in [0.3, 0.4) is 0 Å². The smallest absolute Gasteiger partial charge is 0.252 e. The Morgan fingerprint density at radius 3 is 2.36 bits per heavy atom. The van der Waals surface area contributed by atoms with E-state index in [1.807, 2.05) is 54.6 Å². The summed E-state index contributed by atoms with van der Waals surface area (Å²) >= 11 is 0. The van der Waals surface area contributed by atoms with E-state index in [-0.39, 0.29) is 30.2 Å². The van der Waals surface area contributed by atoms with E-state index in [4.69, 9.17) is 4.99 Å². The molecule has 2 aliphatic rings. The highest BCUT2D eigenvalue weighted by Crippen LogP contribution is 2.30. The summed E-state index contributed by atoms with van der Waals surface area (Å²) < 4.78 is 0. The summed E-state index contributed by atoms with van der Waals surface area (Å²) in [5.41, 5.74) is 4.06. The Labute approximate surface area is 211 Å². The molecule has 0 unspecified atom stereocenters. The van der Waals surface area contributed by atoms with Gasteiger partial charge in [-0.1, -0.05) is 79.9 Å². The van der Waals surface area contributed by atoms with Gasteiger partial charge in [0.25, 0.3) is 5.91 Å². The number of hydrogen-bond acceptors (Lipinski definition) is 4. The van der Waals surface area contributed by atoms with Gasteiger partial charge >= 0.3 is 0 Å². The van der Waals surface area contributed by atoms with Crippen molar-refractivity contribution in [1.82, 2.24) is 5.32 Å². The second kappa shape index (κ2) is 10.8. The molecule has 2 N–H and O–H groups in total. The molecule has 1 heterocycles. The number of para-hydroxylation sites is 1. The maximum Gasteiger partial charge on any atom is 0.252 e. The van der Waals surface area contributed by atoms with Crippen LogP contribution in [0.5, 0.6) is 5.75 Å². The zero-order valence-corrected chi connectivity index (χ0v) is 20.3.